The maximum absolute atomic E-state index is 12.8. The summed E-state index contributed by atoms with van der Waals surface area (Å²) in [5, 5.41) is 0.575. The van der Waals surface area contributed by atoms with Gasteiger partial charge >= 0.3 is 0 Å². The number of nitrogens with two attached hydrogens (primary N) is 1. The molecule has 6 heteroatoms. The van der Waals surface area contributed by atoms with Crippen LogP contribution in [0.3, 0.4) is 0 Å². The highest BCUT2D eigenvalue weighted by Gasteiger charge is 2.34. The summed E-state index contributed by atoms with van der Waals surface area (Å²) in [5.41, 5.74) is 7.76. The Bertz CT molecular complexity index is 1030. The smallest absolute Gasteiger partial charge is 0.261 e. The SMILES string of the molecule is NC[C@@H]1CN(C(=O)CCn2cnc3ccccc3c2=O)C[C@H]1c1ccccc1. The van der Waals surface area contributed by atoms with Gasteiger partial charge in [0, 0.05) is 32.0 Å². The van der Waals surface area contributed by atoms with Gasteiger partial charge in [-0.25, -0.2) is 4.98 Å². The molecule has 6 nitrogen and oxygen atoms in total. The second-order valence-electron chi connectivity index (χ2n) is 7.32. The first-order chi connectivity index (χ1) is 13.7. The van der Waals surface area contributed by atoms with Crippen molar-refractivity contribution in [3.05, 3.63) is 76.8 Å². The van der Waals surface area contributed by atoms with Crippen LogP contribution in [0.4, 0.5) is 0 Å². The monoisotopic (exact) mass is 376 g/mol. The number of aromatic nitrogens is 2. The number of para-hydroxylation sites is 1. The number of likely N-dealkylation sites (tertiary alicyclic amines) is 1. The fourth-order valence-corrected chi connectivity index (χ4v) is 4.03. The maximum atomic E-state index is 12.8. The van der Waals surface area contributed by atoms with E-state index in [1.807, 2.05) is 41.3 Å². The largest absolute Gasteiger partial charge is 0.342 e. The van der Waals surface area contributed by atoms with Crippen molar-refractivity contribution in [1.82, 2.24) is 14.5 Å². The number of hydrogen-bond acceptors (Lipinski definition) is 4. The Morgan fingerprint density at radius 3 is 2.61 bits per heavy atom. The number of hydrogen-bond donors (Lipinski definition) is 1. The number of benzene rings is 2. The summed E-state index contributed by atoms with van der Waals surface area (Å²) in [5.74, 6) is 0.577. The minimum Gasteiger partial charge on any atom is -0.342 e. The number of aryl methyl sites for hydroxylation is 1. The summed E-state index contributed by atoms with van der Waals surface area (Å²) >= 11 is 0. The van der Waals surface area contributed by atoms with Crippen molar-refractivity contribution in [3.8, 4) is 0 Å². The van der Waals surface area contributed by atoms with Gasteiger partial charge in [-0.1, -0.05) is 42.5 Å². The fraction of sp³-hybridized carbons (Fsp3) is 0.318. The van der Waals surface area contributed by atoms with Crippen molar-refractivity contribution in [2.24, 2.45) is 11.7 Å². The van der Waals surface area contributed by atoms with Crippen LogP contribution < -0.4 is 11.3 Å². The lowest BCUT2D eigenvalue weighted by molar-refractivity contribution is -0.130. The molecule has 0 saturated carbocycles. The Morgan fingerprint density at radius 1 is 1.07 bits per heavy atom. The number of nitrogens with zero attached hydrogens (tertiary/aromatic N) is 3. The highest BCUT2D eigenvalue weighted by molar-refractivity contribution is 5.78. The van der Waals surface area contributed by atoms with E-state index in [9.17, 15) is 9.59 Å². The van der Waals surface area contributed by atoms with Gasteiger partial charge in [0.1, 0.15) is 0 Å². The summed E-state index contributed by atoms with van der Waals surface area (Å²) in [7, 11) is 0. The van der Waals surface area contributed by atoms with E-state index >= 15 is 0 Å². The average molecular weight is 376 g/mol. The molecule has 3 aromatic rings. The van der Waals surface area contributed by atoms with Gasteiger partial charge in [0.2, 0.25) is 5.91 Å². The van der Waals surface area contributed by atoms with Crippen LogP contribution in [0.2, 0.25) is 0 Å². The third-order valence-electron chi connectivity index (χ3n) is 5.62. The molecule has 1 fully saturated rings. The van der Waals surface area contributed by atoms with Crippen LogP contribution in [0.1, 0.15) is 17.9 Å². The fourth-order valence-electron chi connectivity index (χ4n) is 4.03. The molecule has 0 unspecified atom stereocenters. The summed E-state index contributed by atoms with van der Waals surface area (Å²) in [6.45, 7) is 2.22. The Morgan fingerprint density at radius 2 is 1.82 bits per heavy atom. The second kappa shape index (κ2) is 7.94. The molecule has 0 aliphatic carbocycles. The summed E-state index contributed by atoms with van der Waals surface area (Å²) < 4.78 is 1.52. The van der Waals surface area contributed by atoms with Gasteiger partial charge in [0.05, 0.1) is 17.2 Å². The lowest BCUT2D eigenvalue weighted by Crippen LogP contribution is -2.31. The molecule has 1 saturated heterocycles. The van der Waals surface area contributed by atoms with Gasteiger partial charge in [0.25, 0.3) is 5.56 Å². The van der Waals surface area contributed by atoms with Crippen molar-refractivity contribution >= 4 is 16.8 Å². The molecule has 144 valence electrons. The summed E-state index contributed by atoms with van der Waals surface area (Å²) in [4.78, 5) is 31.6. The topological polar surface area (TPSA) is 81.2 Å². The van der Waals surface area contributed by atoms with Crippen molar-refractivity contribution < 1.29 is 4.79 Å². The minimum absolute atomic E-state index is 0.0527. The van der Waals surface area contributed by atoms with E-state index in [4.69, 9.17) is 5.73 Å². The number of rotatable bonds is 5. The molecule has 1 aliphatic heterocycles. The predicted octanol–water partition coefficient (Wildman–Crippen LogP) is 1.99. The first kappa shape index (κ1) is 18.4. The molecule has 0 spiro atoms. The first-order valence-corrected chi connectivity index (χ1v) is 9.64. The second-order valence-corrected chi connectivity index (χ2v) is 7.32. The third-order valence-corrected chi connectivity index (χ3v) is 5.62. The Hall–Kier alpha value is -2.99. The Balaban J connectivity index is 1.44. The standard InChI is InChI=1S/C22H24N4O2/c23-12-17-13-26(14-19(17)16-6-2-1-3-7-16)21(27)10-11-25-15-24-20-9-5-4-8-18(20)22(25)28/h1-9,15,17,19H,10-14,23H2/t17-,19+/m1/s1. The number of fused-ring (bicyclic) bond motifs is 1. The zero-order chi connectivity index (χ0) is 19.5. The molecule has 0 bridgehead atoms. The number of carbonyl (C=O) groups is 1. The van der Waals surface area contributed by atoms with Crippen molar-refractivity contribution in [3.63, 3.8) is 0 Å². The third kappa shape index (κ3) is 3.55. The van der Waals surface area contributed by atoms with Gasteiger partial charge in [-0.15, -0.1) is 0 Å². The molecule has 2 aromatic carbocycles. The van der Waals surface area contributed by atoms with E-state index in [2.05, 4.69) is 17.1 Å². The molecule has 0 radical (unpaired) electrons. The summed E-state index contributed by atoms with van der Waals surface area (Å²) in [6, 6.07) is 17.5. The van der Waals surface area contributed by atoms with Crippen molar-refractivity contribution in [2.45, 2.75) is 18.9 Å². The van der Waals surface area contributed by atoms with Crippen LogP contribution in [0, 0.1) is 5.92 Å². The average Bonchev–Trinajstić information content (AvgIpc) is 3.18. The van der Waals surface area contributed by atoms with E-state index in [1.54, 1.807) is 6.07 Å². The van der Waals surface area contributed by atoms with Crippen LogP contribution in [-0.2, 0) is 11.3 Å². The van der Waals surface area contributed by atoms with E-state index in [0.717, 1.165) is 0 Å². The zero-order valence-electron chi connectivity index (χ0n) is 15.7. The van der Waals surface area contributed by atoms with Crippen molar-refractivity contribution in [2.75, 3.05) is 19.6 Å². The zero-order valence-corrected chi connectivity index (χ0v) is 15.7. The normalized spacial score (nSPS) is 19.2. The lowest BCUT2D eigenvalue weighted by Gasteiger charge is -2.17. The summed E-state index contributed by atoms with van der Waals surface area (Å²) in [6.07, 6.45) is 1.80. The molecule has 1 amide bonds. The van der Waals surface area contributed by atoms with Crippen molar-refractivity contribution in [1.29, 1.82) is 0 Å². The van der Waals surface area contributed by atoms with Crippen LogP contribution in [0.5, 0.6) is 0 Å². The maximum Gasteiger partial charge on any atom is 0.261 e. The highest BCUT2D eigenvalue weighted by Crippen LogP contribution is 2.32. The minimum atomic E-state index is -0.109. The van der Waals surface area contributed by atoms with Crippen LogP contribution >= 0.6 is 0 Å². The molecule has 2 N–H and O–H groups in total. The van der Waals surface area contributed by atoms with E-state index in [-0.39, 0.29) is 29.7 Å². The van der Waals surface area contributed by atoms with Gasteiger partial charge in [-0.3, -0.25) is 14.2 Å². The number of carbonyl (C=O) groups excluding carboxylic acids is 1. The van der Waals surface area contributed by atoms with Gasteiger partial charge in [0.15, 0.2) is 0 Å². The molecule has 28 heavy (non-hydrogen) atoms. The molecule has 2 heterocycles. The van der Waals surface area contributed by atoms with Gasteiger partial charge in [-0.05, 0) is 30.2 Å². The molecule has 2 atom stereocenters. The number of amides is 1. The molecule has 4 rings (SSSR count). The van der Waals surface area contributed by atoms with Crippen LogP contribution in [0.15, 0.2) is 65.7 Å². The quantitative estimate of drug-likeness (QED) is 0.738. The first-order valence-electron chi connectivity index (χ1n) is 9.64. The Kier molecular flexibility index (Phi) is 5.21. The van der Waals surface area contributed by atoms with E-state index in [0.29, 0.717) is 37.1 Å². The van der Waals surface area contributed by atoms with Gasteiger partial charge in [-0.2, -0.15) is 0 Å². The highest BCUT2D eigenvalue weighted by atomic mass is 16.2. The predicted molar refractivity (Wildman–Crippen MR) is 109 cm³/mol. The molecular formula is C22H24N4O2. The van der Waals surface area contributed by atoms with Crippen LogP contribution in [0.25, 0.3) is 10.9 Å². The van der Waals surface area contributed by atoms with Gasteiger partial charge < -0.3 is 10.6 Å². The van der Waals surface area contributed by atoms with Crippen LogP contribution in [-0.4, -0.2) is 40.0 Å². The lowest BCUT2D eigenvalue weighted by atomic mass is 9.89. The molecule has 1 aliphatic rings. The molecule has 1 aromatic heterocycles. The van der Waals surface area contributed by atoms with E-state index in [1.165, 1.54) is 16.5 Å². The Labute approximate surface area is 163 Å². The molecular weight excluding hydrogens is 352 g/mol. The van der Waals surface area contributed by atoms with E-state index < -0.39 is 0 Å².